The van der Waals surface area contributed by atoms with Crippen LogP contribution in [0.3, 0.4) is 0 Å². The Morgan fingerprint density at radius 1 is 0.958 bits per heavy atom. The normalized spacial score (nSPS) is 24.4. The summed E-state index contributed by atoms with van der Waals surface area (Å²) < 4.78 is 17.5. The molecule has 5 aliphatic rings. The SMILES string of the molecule is C#CCNC(=O)c1ccc(NC(=O)c2cn(CC)c3cc(N4CCN(C(=O)CC56CC7CC(CC(C7)C5)C6)CC4)c(F)cc3c2=O)cc1. The van der Waals surface area contributed by atoms with Crippen molar-refractivity contribution in [2.24, 2.45) is 23.2 Å². The summed E-state index contributed by atoms with van der Waals surface area (Å²) in [5.74, 6) is 3.49. The Morgan fingerprint density at radius 3 is 2.21 bits per heavy atom. The lowest BCUT2D eigenvalue weighted by Gasteiger charge is -2.57. The van der Waals surface area contributed by atoms with Crippen molar-refractivity contribution >= 4 is 40.0 Å². The highest BCUT2D eigenvalue weighted by atomic mass is 19.1. The van der Waals surface area contributed by atoms with Crippen molar-refractivity contribution in [3.05, 3.63) is 69.8 Å². The summed E-state index contributed by atoms with van der Waals surface area (Å²) in [7, 11) is 0. The second-order valence-corrected chi connectivity index (χ2v) is 14.4. The van der Waals surface area contributed by atoms with Crippen molar-refractivity contribution in [3.8, 4) is 12.3 Å². The Balaban J connectivity index is 1.04. The van der Waals surface area contributed by atoms with E-state index in [4.69, 9.17) is 6.42 Å². The maximum Gasteiger partial charge on any atom is 0.261 e. The van der Waals surface area contributed by atoms with Crippen LogP contribution in [0.5, 0.6) is 0 Å². The molecule has 0 spiro atoms. The Morgan fingerprint density at radius 2 is 1.60 bits per heavy atom. The zero-order valence-corrected chi connectivity index (χ0v) is 27.4. The van der Waals surface area contributed by atoms with Gasteiger partial charge in [-0.1, -0.05) is 5.92 Å². The van der Waals surface area contributed by atoms with Crippen LogP contribution in [0.4, 0.5) is 15.8 Å². The number of aromatic nitrogens is 1. The van der Waals surface area contributed by atoms with Crippen LogP contribution in [0.15, 0.2) is 47.4 Å². The second-order valence-electron chi connectivity index (χ2n) is 14.4. The van der Waals surface area contributed by atoms with E-state index in [2.05, 4.69) is 16.6 Å². The Kier molecular flexibility index (Phi) is 8.48. The molecule has 4 aliphatic carbocycles. The quantitative estimate of drug-likeness (QED) is 0.333. The highest BCUT2D eigenvalue weighted by molar-refractivity contribution is 6.06. The zero-order chi connectivity index (χ0) is 33.6. The first kappa shape index (κ1) is 31.9. The Labute approximate surface area is 279 Å². The van der Waals surface area contributed by atoms with E-state index in [1.807, 2.05) is 16.7 Å². The number of hydrogen-bond acceptors (Lipinski definition) is 5. The van der Waals surface area contributed by atoms with Gasteiger partial charge < -0.3 is 25.0 Å². The molecule has 8 rings (SSSR count). The van der Waals surface area contributed by atoms with Crippen molar-refractivity contribution in [1.82, 2.24) is 14.8 Å². The molecule has 48 heavy (non-hydrogen) atoms. The number of carbonyl (C=O) groups excluding carboxylic acids is 3. The minimum atomic E-state index is -0.632. The first-order valence-corrected chi connectivity index (χ1v) is 17.2. The fourth-order valence-corrected chi connectivity index (χ4v) is 9.34. The monoisotopic (exact) mass is 651 g/mol. The molecule has 250 valence electrons. The fraction of sp³-hybridized carbons (Fsp3) is 0.474. The second kappa shape index (κ2) is 12.8. The number of pyridine rings is 1. The van der Waals surface area contributed by atoms with Crippen molar-refractivity contribution in [1.29, 1.82) is 0 Å². The summed E-state index contributed by atoms with van der Waals surface area (Å²) in [4.78, 5) is 56.3. The van der Waals surface area contributed by atoms with E-state index in [-0.39, 0.29) is 34.7 Å². The number of benzene rings is 2. The fourth-order valence-electron chi connectivity index (χ4n) is 9.34. The molecule has 9 nitrogen and oxygen atoms in total. The summed E-state index contributed by atoms with van der Waals surface area (Å²) in [6, 6.07) is 9.12. The average Bonchev–Trinajstić information content (AvgIpc) is 3.07. The molecule has 0 radical (unpaired) electrons. The summed E-state index contributed by atoms with van der Waals surface area (Å²) in [6.45, 7) is 4.55. The number of halogens is 1. The number of nitrogens with zero attached hydrogens (tertiary/aromatic N) is 3. The lowest BCUT2D eigenvalue weighted by atomic mass is 9.49. The van der Waals surface area contributed by atoms with Gasteiger partial charge in [-0.15, -0.1) is 6.42 Å². The summed E-state index contributed by atoms with van der Waals surface area (Å²) in [6.07, 6.45) is 15.0. The minimum Gasteiger partial charge on any atom is -0.366 e. The highest BCUT2D eigenvalue weighted by Crippen LogP contribution is 2.61. The van der Waals surface area contributed by atoms with Crippen molar-refractivity contribution in [2.45, 2.75) is 58.4 Å². The van der Waals surface area contributed by atoms with Crippen molar-refractivity contribution in [2.75, 3.05) is 42.9 Å². The van der Waals surface area contributed by atoms with Gasteiger partial charge in [0.25, 0.3) is 11.8 Å². The molecule has 10 heteroatoms. The third-order valence-corrected chi connectivity index (χ3v) is 11.2. The molecule has 3 amide bonds. The van der Waals surface area contributed by atoms with E-state index in [9.17, 15) is 19.2 Å². The van der Waals surface area contributed by atoms with Gasteiger partial charge in [-0.05, 0) is 105 Å². The minimum absolute atomic E-state index is 0.101. The predicted molar refractivity (Wildman–Crippen MR) is 183 cm³/mol. The first-order chi connectivity index (χ1) is 23.1. The molecule has 1 aliphatic heterocycles. The largest absolute Gasteiger partial charge is 0.366 e. The van der Waals surface area contributed by atoms with E-state index in [1.165, 1.54) is 50.8 Å². The van der Waals surface area contributed by atoms with E-state index < -0.39 is 17.2 Å². The number of carbonyl (C=O) groups is 3. The van der Waals surface area contributed by atoms with Gasteiger partial charge in [0.05, 0.1) is 17.7 Å². The van der Waals surface area contributed by atoms with Gasteiger partial charge in [0.1, 0.15) is 11.4 Å². The van der Waals surface area contributed by atoms with Gasteiger partial charge in [-0.2, -0.15) is 0 Å². The third-order valence-electron chi connectivity index (χ3n) is 11.2. The third kappa shape index (κ3) is 6.07. The summed E-state index contributed by atoms with van der Waals surface area (Å²) in [5, 5.41) is 5.40. The summed E-state index contributed by atoms with van der Waals surface area (Å²) in [5.41, 5.74) is 1.21. The molecule has 1 aromatic heterocycles. The number of terminal acetylenes is 1. The van der Waals surface area contributed by atoms with Gasteiger partial charge in [-0.25, -0.2) is 4.39 Å². The predicted octanol–water partition coefficient (Wildman–Crippen LogP) is 5.03. The summed E-state index contributed by atoms with van der Waals surface area (Å²) >= 11 is 0. The van der Waals surface area contributed by atoms with Gasteiger partial charge in [-0.3, -0.25) is 19.2 Å². The number of amides is 3. The zero-order valence-electron chi connectivity index (χ0n) is 27.4. The molecule has 0 unspecified atom stereocenters. The van der Waals surface area contributed by atoms with Crippen LogP contribution in [-0.4, -0.2) is 59.9 Å². The van der Waals surface area contributed by atoms with E-state index >= 15 is 4.39 Å². The van der Waals surface area contributed by atoms with Gasteiger partial charge in [0.15, 0.2) is 0 Å². The van der Waals surface area contributed by atoms with Crippen LogP contribution in [0.1, 0.15) is 72.6 Å². The van der Waals surface area contributed by atoms with Crippen LogP contribution >= 0.6 is 0 Å². The Bertz CT molecular complexity index is 1830. The number of piperazine rings is 1. The van der Waals surface area contributed by atoms with E-state index in [1.54, 1.807) is 34.9 Å². The molecule has 2 N–H and O–H groups in total. The molecule has 3 aromatic rings. The van der Waals surface area contributed by atoms with E-state index in [0.29, 0.717) is 61.6 Å². The standard InChI is InChI=1S/C38H42FN5O4/c1-3-9-40-36(47)27-5-7-28(8-6-27)41-37(48)30-23-42(4-2)32-18-33(31(39)17-29(32)35(30)46)43-10-12-44(13-11-43)34(45)22-38-19-24-14-25(20-38)16-26(15-24)21-38/h1,5-8,17-18,23-26H,4,9-16,19-22H2,2H3,(H,40,47)(H,41,48). The molecule has 2 aromatic carbocycles. The molecule has 1 saturated heterocycles. The lowest BCUT2D eigenvalue weighted by Crippen LogP contribution is -2.52. The molecular formula is C38H42FN5O4. The van der Waals surface area contributed by atoms with Gasteiger partial charge in [0.2, 0.25) is 11.3 Å². The van der Waals surface area contributed by atoms with Crippen LogP contribution in [0.2, 0.25) is 0 Å². The smallest absolute Gasteiger partial charge is 0.261 e. The number of nitrogens with one attached hydrogen (secondary N) is 2. The number of aryl methyl sites for hydroxylation is 1. The highest BCUT2D eigenvalue weighted by Gasteiger charge is 2.51. The molecule has 4 saturated carbocycles. The van der Waals surface area contributed by atoms with Gasteiger partial charge >= 0.3 is 0 Å². The van der Waals surface area contributed by atoms with Crippen LogP contribution < -0.4 is 21.0 Å². The topological polar surface area (TPSA) is 104 Å². The number of fused-ring (bicyclic) bond motifs is 1. The lowest BCUT2D eigenvalue weighted by molar-refractivity contribution is -0.139. The van der Waals surface area contributed by atoms with Crippen molar-refractivity contribution < 1.29 is 18.8 Å². The van der Waals surface area contributed by atoms with Crippen LogP contribution in [0, 0.1) is 41.3 Å². The number of hydrogen-bond donors (Lipinski definition) is 2. The van der Waals surface area contributed by atoms with Crippen LogP contribution in [-0.2, 0) is 11.3 Å². The molecule has 4 bridgehead atoms. The molecule has 2 heterocycles. The average molecular weight is 652 g/mol. The number of anilines is 2. The molecule has 0 atom stereocenters. The van der Waals surface area contributed by atoms with Crippen LogP contribution in [0.25, 0.3) is 10.9 Å². The first-order valence-electron chi connectivity index (χ1n) is 17.2. The molecular weight excluding hydrogens is 609 g/mol. The number of rotatable bonds is 8. The Hall–Kier alpha value is -4.65. The van der Waals surface area contributed by atoms with Crippen molar-refractivity contribution in [3.63, 3.8) is 0 Å². The van der Waals surface area contributed by atoms with Gasteiger partial charge in [0, 0.05) is 62.0 Å². The van der Waals surface area contributed by atoms with E-state index in [0.717, 1.165) is 17.8 Å². The maximum atomic E-state index is 15.7. The molecule has 5 fully saturated rings. The maximum absolute atomic E-state index is 15.7.